The number of nitrogens with one attached hydrogen (secondary N) is 1. The molecule has 2 fully saturated rings. The maximum absolute atomic E-state index is 11.5. The van der Waals surface area contributed by atoms with Gasteiger partial charge in [-0.3, -0.25) is 9.36 Å². The molecule has 0 spiro atoms. The largest absolute Gasteiger partial charge is 0.457 e. The van der Waals surface area contributed by atoms with Crippen molar-refractivity contribution in [3.8, 4) is 0 Å². The van der Waals surface area contributed by atoms with E-state index in [1.165, 1.54) is 11.1 Å². The molecule has 6 rings (SSSR count). The van der Waals surface area contributed by atoms with E-state index in [4.69, 9.17) is 19.4 Å². The minimum absolute atomic E-state index is 0.169. The molecule has 4 aromatic rings. The van der Waals surface area contributed by atoms with E-state index in [0.29, 0.717) is 42.4 Å². The van der Waals surface area contributed by atoms with Crippen molar-refractivity contribution in [3.05, 3.63) is 48.0 Å². The molecule has 4 atom stereocenters. The fraction of sp³-hybridized carbons (Fsp3) is 0.519. The molecule has 3 N–H and O–H groups in total. The second-order valence-corrected chi connectivity index (χ2v) is 10.4. The van der Waals surface area contributed by atoms with Crippen LogP contribution >= 0.6 is 0 Å². The van der Waals surface area contributed by atoms with E-state index < -0.39 is 24.5 Å². The number of anilines is 2. The summed E-state index contributed by atoms with van der Waals surface area (Å²) in [6.45, 7) is 2.79. The van der Waals surface area contributed by atoms with E-state index in [0.717, 1.165) is 31.2 Å². The second kappa shape index (κ2) is 12.3. The summed E-state index contributed by atoms with van der Waals surface area (Å²) in [5.74, 6) is 1.01. The fourth-order valence-electron chi connectivity index (χ4n) is 5.54. The zero-order valence-corrected chi connectivity index (χ0v) is 23.2. The number of rotatable bonds is 12. The molecule has 15 nitrogen and oxygen atoms in total. The van der Waals surface area contributed by atoms with E-state index in [1.54, 1.807) is 9.47 Å². The molecule has 1 aromatic carbocycles. The number of ether oxygens (including phenoxy) is 2. The summed E-state index contributed by atoms with van der Waals surface area (Å²) in [6.07, 6.45) is 2.10. The van der Waals surface area contributed by atoms with Gasteiger partial charge in [-0.05, 0) is 37.0 Å². The molecule has 0 radical (unpaired) electrons. The quantitative estimate of drug-likeness (QED) is 0.162. The highest BCUT2D eigenvalue weighted by atomic mass is 16.6. The van der Waals surface area contributed by atoms with Crippen LogP contribution in [0, 0.1) is 0 Å². The third kappa shape index (κ3) is 5.49. The van der Waals surface area contributed by atoms with Gasteiger partial charge in [-0.15, -0.1) is 10.2 Å². The van der Waals surface area contributed by atoms with E-state index in [9.17, 15) is 15.0 Å². The van der Waals surface area contributed by atoms with E-state index in [-0.39, 0.29) is 25.1 Å². The molecule has 222 valence electrons. The van der Waals surface area contributed by atoms with E-state index in [2.05, 4.69) is 25.7 Å². The highest BCUT2D eigenvalue weighted by Crippen LogP contribution is 2.40. The van der Waals surface area contributed by atoms with Crippen LogP contribution in [0.2, 0.25) is 0 Å². The monoisotopic (exact) mass is 578 g/mol. The molecule has 1 saturated carbocycles. The minimum atomic E-state index is -1.27. The van der Waals surface area contributed by atoms with Gasteiger partial charge >= 0.3 is 0 Å². The first-order chi connectivity index (χ1) is 20.6. The van der Waals surface area contributed by atoms with Gasteiger partial charge in [0.1, 0.15) is 12.8 Å². The van der Waals surface area contributed by atoms with Crippen molar-refractivity contribution < 1.29 is 24.5 Å². The van der Waals surface area contributed by atoms with Gasteiger partial charge in [0.25, 0.3) is 6.47 Å². The van der Waals surface area contributed by atoms with Crippen LogP contribution in [0.1, 0.15) is 56.3 Å². The number of aryl methyl sites for hydroxylation is 1. The zero-order chi connectivity index (χ0) is 29.1. The molecule has 15 heteroatoms. The number of tetrazole rings is 1. The van der Waals surface area contributed by atoms with Crippen LogP contribution in [0.5, 0.6) is 0 Å². The molecule has 0 amide bonds. The average Bonchev–Trinajstić information content (AvgIpc) is 3.82. The lowest BCUT2D eigenvalue weighted by Gasteiger charge is -2.23. The Bertz CT molecular complexity index is 1490. The van der Waals surface area contributed by atoms with Crippen molar-refractivity contribution in [1.29, 1.82) is 0 Å². The number of aliphatic hydroxyl groups is 2. The Hall–Kier alpha value is -4.21. The topological polar surface area (TPSA) is 178 Å². The van der Waals surface area contributed by atoms with Gasteiger partial charge in [0.2, 0.25) is 11.8 Å². The molecular formula is C27H34N10O5. The Morgan fingerprint density at radius 3 is 2.74 bits per heavy atom. The summed E-state index contributed by atoms with van der Waals surface area (Å²) < 4.78 is 13.1. The lowest BCUT2D eigenvalue weighted by atomic mass is 10.1. The molecule has 1 saturated heterocycles. The number of carbonyl (C=O) groups excluding carboxylic acids is 1. The SMILES string of the molecule is CCn1nnc([C@H]2O[C@@H](n3cnc4c(NC5CCCC5)nc(N(CO)CCc5ccccc5)nc43)[C@H](OC=O)[C@H]2O)n1. The van der Waals surface area contributed by atoms with Gasteiger partial charge < -0.3 is 29.9 Å². The third-order valence-corrected chi connectivity index (χ3v) is 7.78. The van der Waals surface area contributed by atoms with Gasteiger partial charge in [0.05, 0.1) is 12.9 Å². The standard InChI is InChI=1S/C27H34N10O5/c1-2-37-33-24(32-34-37)21-20(40)22(41-16-39)26(42-21)36-14-28-19-23(29-18-10-6-7-11-18)30-27(31-25(19)36)35(15-38)13-12-17-8-4-3-5-9-17/h3-5,8-9,14,16,18,20-22,26,38,40H,2,6-7,10-13,15H2,1H3,(H,29,30,31)/t20-,21-,22+,26+/m0/s1. The van der Waals surface area contributed by atoms with Crippen LogP contribution in [-0.2, 0) is 27.2 Å². The summed E-state index contributed by atoms with van der Waals surface area (Å²) in [5, 5.41) is 37.2. The average molecular weight is 579 g/mol. The first-order valence-corrected chi connectivity index (χ1v) is 14.2. The molecule has 42 heavy (non-hydrogen) atoms. The first kappa shape index (κ1) is 27.9. The number of aliphatic hydroxyl groups excluding tert-OH is 2. The van der Waals surface area contributed by atoms with E-state index in [1.807, 2.05) is 37.3 Å². The number of carbonyl (C=O) groups is 1. The molecule has 1 aliphatic heterocycles. The Labute approximate surface area is 241 Å². The van der Waals surface area contributed by atoms with Crippen LogP contribution in [0.3, 0.4) is 0 Å². The Kier molecular flexibility index (Phi) is 8.21. The first-order valence-electron chi connectivity index (χ1n) is 14.2. The number of imidazole rings is 1. The van der Waals surface area contributed by atoms with Gasteiger partial charge in [-0.1, -0.05) is 43.2 Å². The summed E-state index contributed by atoms with van der Waals surface area (Å²) in [6, 6.07) is 10.2. The molecule has 0 unspecified atom stereocenters. The number of hydrogen-bond donors (Lipinski definition) is 3. The highest BCUT2D eigenvalue weighted by Gasteiger charge is 2.49. The third-order valence-electron chi connectivity index (χ3n) is 7.78. The predicted octanol–water partition coefficient (Wildman–Crippen LogP) is 1.36. The maximum atomic E-state index is 11.5. The Morgan fingerprint density at radius 1 is 1.21 bits per heavy atom. The Balaban J connectivity index is 1.38. The van der Waals surface area contributed by atoms with Crippen molar-refractivity contribution in [2.75, 3.05) is 23.5 Å². The molecule has 3 aromatic heterocycles. The number of benzene rings is 1. The van der Waals surface area contributed by atoms with Crippen LogP contribution in [-0.4, -0.2) is 87.9 Å². The van der Waals surface area contributed by atoms with Crippen molar-refractivity contribution in [2.45, 2.75) is 76.2 Å². The van der Waals surface area contributed by atoms with Gasteiger partial charge in [-0.25, -0.2) is 4.98 Å². The van der Waals surface area contributed by atoms with Crippen molar-refractivity contribution in [2.24, 2.45) is 0 Å². The summed E-state index contributed by atoms with van der Waals surface area (Å²) >= 11 is 0. The van der Waals surface area contributed by atoms with Gasteiger partial charge in [0, 0.05) is 12.6 Å². The molecule has 1 aliphatic carbocycles. The predicted molar refractivity (Wildman–Crippen MR) is 149 cm³/mol. The fourth-order valence-corrected chi connectivity index (χ4v) is 5.54. The van der Waals surface area contributed by atoms with Crippen LogP contribution in [0.25, 0.3) is 11.2 Å². The highest BCUT2D eigenvalue weighted by molar-refractivity contribution is 5.84. The molecule has 2 aliphatic rings. The smallest absolute Gasteiger partial charge is 0.293 e. The minimum Gasteiger partial charge on any atom is -0.457 e. The van der Waals surface area contributed by atoms with Crippen LogP contribution < -0.4 is 10.2 Å². The van der Waals surface area contributed by atoms with Crippen LogP contribution in [0.15, 0.2) is 36.7 Å². The maximum Gasteiger partial charge on any atom is 0.293 e. The summed E-state index contributed by atoms with van der Waals surface area (Å²) in [5.41, 5.74) is 2.00. The number of fused-ring (bicyclic) bond motifs is 1. The summed E-state index contributed by atoms with van der Waals surface area (Å²) in [7, 11) is 0. The van der Waals surface area contributed by atoms with E-state index >= 15 is 0 Å². The number of hydrogen-bond acceptors (Lipinski definition) is 13. The second-order valence-electron chi connectivity index (χ2n) is 10.4. The lowest BCUT2D eigenvalue weighted by molar-refractivity contribution is -0.142. The Morgan fingerprint density at radius 2 is 2.02 bits per heavy atom. The normalized spacial score (nSPS) is 22.5. The zero-order valence-electron chi connectivity index (χ0n) is 23.2. The van der Waals surface area contributed by atoms with Gasteiger partial charge in [-0.2, -0.15) is 14.8 Å². The summed E-state index contributed by atoms with van der Waals surface area (Å²) in [4.78, 5) is 28.7. The van der Waals surface area contributed by atoms with Crippen molar-refractivity contribution >= 4 is 29.4 Å². The van der Waals surface area contributed by atoms with Crippen molar-refractivity contribution in [1.82, 2.24) is 39.7 Å². The van der Waals surface area contributed by atoms with Crippen LogP contribution in [0.4, 0.5) is 11.8 Å². The number of nitrogens with zero attached hydrogens (tertiary/aromatic N) is 9. The lowest BCUT2D eigenvalue weighted by Crippen LogP contribution is -2.32. The molecule has 4 heterocycles. The molecular weight excluding hydrogens is 544 g/mol. The van der Waals surface area contributed by atoms with Crippen molar-refractivity contribution in [3.63, 3.8) is 0 Å². The van der Waals surface area contributed by atoms with Gasteiger partial charge in [0.15, 0.2) is 35.4 Å². The number of aromatic nitrogens is 8. The molecule has 0 bridgehead atoms.